The molecular weight excluding hydrogens is 265 g/mol. The molecule has 0 saturated heterocycles. The average Bonchev–Trinajstić information content (AvgIpc) is 2.89. The summed E-state index contributed by atoms with van der Waals surface area (Å²) < 4.78 is 15.3. The van der Waals surface area contributed by atoms with Gasteiger partial charge >= 0.3 is 0 Å². The Kier molecular flexibility index (Phi) is 3.71. The first-order valence-corrected chi connectivity index (χ1v) is 7.16. The van der Waals surface area contributed by atoms with Gasteiger partial charge in [-0.2, -0.15) is 0 Å². The van der Waals surface area contributed by atoms with Gasteiger partial charge in [0.05, 0.1) is 17.1 Å². The van der Waals surface area contributed by atoms with Gasteiger partial charge in [-0.05, 0) is 29.8 Å². The third kappa shape index (κ3) is 2.43. The molecule has 3 nitrogen and oxygen atoms in total. The number of aromatic nitrogens is 2. The predicted molar refractivity (Wildman–Crippen MR) is 82.7 cm³/mol. The third-order valence-corrected chi connectivity index (χ3v) is 3.77. The van der Waals surface area contributed by atoms with Crippen LogP contribution in [0.2, 0.25) is 0 Å². The quantitative estimate of drug-likeness (QED) is 0.798. The minimum Gasteiger partial charge on any atom is -0.328 e. The zero-order chi connectivity index (χ0) is 14.8. The largest absolute Gasteiger partial charge is 0.328 e. The molecule has 3 aromatic rings. The Balaban J connectivity index is 2.18. The average molecular weight is 283 g/mol. The fourth-order valence-corrected chi connectivity index (χ4v) is 2.77. The summed E-state index contributed by atoms with van der Waals surface area (Å²) in [4.78, 5) is 4.68. The van der Waals surface area contributed by atoms with Crippen molar-refractivity contribution in [2.45, 2.75) is 19.4 Å². The summed E-state index contributed by atoms with van der Waals surface area (Å²) in [5.41, 5.74) is 9.03. The number of para-hydroxylation sites is 2. The smallest absolute Gasteiger partial charge is 0.123 e. The number of imidazole rings is 1. The van der Waals surface area contributed by atoms with Crippen molar-refractivity contribution in [1.82, 2.24) is 9.55 Å². The lowest BCUT2D eigenvalue weighted by Gasteiger charge is -2.20. The molecule has 1 atom stereocenters. The van der Waals surface area contributed by atoms with Crippen LogP contribution < -0.4 is 5.73 Å². The van der Waals surface area contributed by atoms with Gasteiger partial charge in [0.25, 0.3) is 0 Å². The van der Waals surface area contributed by atoms with E-state index in [2.05, 4.69) is 16.5 Å². The van der Waals surface area contributed by atoms with Gasteiger partial charge in [0.1, 0.15) is 11.6 Å². The summed E-state index contributed by atoms with van der Waals surface area (Å²) in [6.45, 7) is 2.52. The summed E-state index contributed by atoms with van der Waals surface area (Å²) in [5.74, 6) is 0.761. The zero-order valence-corrected chi connectivity index (χ0v) is 12.0. The van der Waals surface area contributed by atoms with E-state index >= 15 is 0 Å². The van der Waals surface area contributed by atoms with Gasteiger partial charge in [-0.3, -0.25) is 0 Å². The topological polar surface area (TPSA) is 43.8 Å². The highest BCUT2D eigenvalue weighted by Crippen LogP contribution is 2.26. The summed E-state index contributed by atoms with van der Waals surface area (Å²) in [7, 11) is 0. The van der Waals surface area contributed by atoms with Gasteiger partial charge in [0.2, 0.25) is 0 Å². The Labute approximate surface area is 123 Å². The molecule has 0 spiro atoms. The maximum absolute atomic E-state index is 13.1. The second-order valence-electron chi connectivity index (χ2n) is 5.04. The SMILES string of the molecule is CCc1nc2ccccc2n1C(CN)c1ccc(F)cc1. The van der Waals surface area contributed by atoms with E-state index < -0.39 is 0 Å². The van der Waals surface area contributed by atoms with E-state index in [-0.39, 0.29) is 11.9 Å². The van der Waals surface area contributed by atoms with Crippen LogP contribution in [0.15, 0.2) is 48.5 Å². The number of rotatable bonds is 4. The lowest BCUT2D eigenvalue weighted by atomic mass is 10.1. The van der Waals surface area contributed by atoms with Crippen molar-refractivity contribution in [1.29, 1.82) is 0 Å². The molecule has 0 saturated carbocycles. The molecule has 4 heteroatoms. The molecule has 2 aromatic carbocycles. The monoisotopic (exact) mass is 283 g/mol. The fraction of sp³-hybridized carbons (Fsp3) is 0.235. The summed E-state index contributed by atoms with van der Waals surface area (Å²) in [6, 6.07) is 14.5. The second kappa shape index (κ2) is 5.66. The highest BCUT2D eigenvalue weighted by atomic mass is 19.1. The minimum absolute atomic E-state index is 0.0343. The maximum atomic E-state index is 13.1. The van der Waals surface area contributed by atoms with Crippen LogP contribution in [-0.4, -0.2) is 16.1 Å². The molecule has 0 amide bonds. The number of benzene rings is 2. The van der Waals surface area contributed by atoms with Crippen LogP contribution in [0.4, 0.5) is 4.39 Å². The molecule has 0 bridgehead atoms. The molecule has 2 N–H and O–H groups in total. The molecule has 0 aliphatic carbocycles. The molecule has 108 valence electrons. The molecule has 1 unspecified atom stereocenters. The molecule has 0 fully saturated rings. The van der Waals surface area contributed by atoms with Crippen LogP contribution in [0.1, 0.15) is 24.4 Å². The molecule has 0 radical (unpaired) electrons. The molecule has 1 heterocycles. The van der Waals surface area contributed by atoms with Crippen molar-refractivity contribution >= 4 is 11.0 Å². The Morgan fingerprint density at radius 1 is 1.14 bits per heavy atom. The van der Waals surface area contributed by atoms with E-state index in [9.17, 15) is 4.39 Å². The van der Waals surface area contributed by atoms with Crippen LogP contribution in [-0.2, 0) is 6.42 Å². The number of fused-ring (bicyclic) bond motifs is 1. The molecule has 0 aliphatic heterocycles. The molecular formula is C17H18FN3. The predicted octanol–water partition coefficient (Wildman–Crippen LogP) is 3.29. The Hall–Kier alpha value is -2.20. The highest BCUT2D eigenvalue weighted by Gasteiger charge is 2.18. The summed E-state index contributed by atoms with van der Waals surface area (Å²) in [5, 5.41) is 0. The normalized spacial score (nSPS) is 12.7. The molecule has 1 aromatic heterocycles. The van der Waals surface area contributed by atoms with Crippen molar-refractivity contribution in [3.8, 4) is 0 Å². The van der Waals surface area contributed by atoms with E-state index in [0.29, 0.717) is 6.54 Å². The van der Waals surface area contributed by atoms with Crippen LogP contribution in [0.3, 0.4) is 0 Å². The minimum atomic E-state index is -0.235. The van der Waals surface area contributed by atoms with E-state index in [1.165, 1.54) is 12.1 Å². The molecule has 3 rings (SSSR count). The number of halogens is 1. The number of aryl methyl sites for hydroxylation is 1. The van der Waals surface area contributed by atoms with Gasteiger partial charge < -0.3 is 10.3 Å². The highest BCUT2D eigenvalue weighted by molar-refractivity contribution is 5.76. The van der Waals surface area contributed by atoms with Crippen LogP contribution in [0.5, 0.6) is 0 Å². The molecule has 0 aliphatic rings. The van der Waals surface area contributed by atoms with Gasteiger partial charge in [0.15, 0.2) is 0 Å². The number of hydrogen-bond acceptors (Lipinski definition) is 2. The maximum Gasteiger partial charge on any atom is 0.123 e. The first-order chi connectivity index (χ1) is 10.2. The van der Waals surface area contributed by atoms with Crippen LogP contribution in [0.25, 0.3) is 11.0 Å². The number of nitrogens with two attached hydrogens (primary N) is 1. The summed E-state index contributed by atoms with van der Waals surface area (Å²) in [6.07, 6.45) is 0.826. The van der Waals surface area contributed by atoms with Crippen molar-refractivity contribution in [2.24, 2.45) is 5.73 Å². The lowest BCUT2D eigenvalue weighted by Crippen LogP contribution is -2.22. The van der Waals surface area contributed by atoms with Crippen LogP contribution in [0, 0.1) is 5.82 Å². The van der Waals surface area contributed by atoms with Crippen molar-refractivity contribution in [3.63, 3.8) is 0 Å². The Morgan fingerprint density at radius 3 is 2.52 bits per heavy atom. The first-order valence-electron chi connectivity index (χ1n) is 7.16. The van der Waals surface area contributed by atoms with E-state index in [1.807, 2.05) is 24.3 Å². The van der Waals surface area contributed by atoms with Gasteiger partial charge in [-0.25, -0.2) is 9.37 Å². The fourth-order valence-electron chi connectivity index (χ4n) is 2.77. The van der Waals surface area contributed by atoms with Gasteiger partial charge in [-0.15, -0.1) is 0 Å². The number of hydrogen-bond donors (Lipinski definition) is 1. The third-order valence-electron chi connectivity index (χ3n) is 3.77. The molecule has 21 heavy (non-hydrogen) atoms. The van der Waals surface area contributed by atoms with Crippen LogP contribution >= 0.6 is 0 Å². The van der Waals surface area contributed by atoms with E-state index in [0.717, 1.165) is 28.8 Å². The van der Waals surface area contributed by atoms with Crippen molar-refractivity contribution in [3.05, 3.63) is 65.7 Å². The van der Waals surface area contributed by atoms with E-state index in [1.54, 1.807) is 12.1 Å². The van der Waals surface area contributed by atoms with Crippen molar-refractivity contribution < 1.29 is 4.39 Å². The van der Waals surface area contributed by atoms with Gasteiger partial charge in [-0.1, -0.05) is 31.2 Å². The zero-order valence-electron chi connectivity index (χ0n) is 12.0. The van der Waals surface area contributed by atoms with E-state index in [4.69, 9.17) is 5.73 Å². The second-order valence-corrected chi connectivity index (χ2v) is 5.04. The Bertz CT molecular complexity index is 746. The lowest BCUT2D eigenvalue weighted by molar-refractivity contribution is 0.579. The summed E-state index contributed by atoms with van der Waals surface area (Å²) >= 11 is 0. The number of nitrogens with zero attached hydrogens (tertiary/aromatic N) is 2. The Morgan fingerprint density at radius 2 is 1.86 bits per heavy atom. The van der Waals surface area contributed by atoms with Crippen molar-refractivity contribution in [2.75, 3.05) is 6.54 Å². The first kappa shape index (κ1) is 13.8. The standard InChI is InChI=1S/C17H18FN3/c1-2-17-20-14-5-3-4-6-15(14)21(17)16(11-19)12-7-9-13(18)10-8-12/h3-10,16H,2,11,19H2,1H3. The van der Waals surface area contributed by atoms with Gasteiger partial charge in [0, 0.05) is 13.0 Å².